The number of hydrogen-bond donors (Lipinski definition) is 0. The van der Waals surface area contributed by atoms with Gasteiger partial charge in [0.05, 0.1) is 0 Å². The molecule has 0 aliphatic heterocycles. The molecule has 1 unspecified atom stereocenters. The van der Waals surface area contributed by atoms with Gasteiger partial charge in [-0.3, -0.25) is 0 Å². The molecular formula is C11H20. The second-order valence-electron chi connectivity index (χ2n) is 3.62. The van der Waals surface area contributed by atoms with Crippen molar-refractivity contribution in [2.75, 3.05) is 0 Å². The van der Waals surface area contributed by atoms with E-state index in [1.165, 1.54) is 25.7 Å². The molecule has 0 spiro atoms. The highest BCUT2D eigenvalue weighted by Gasteiger charge is 2.04. The molecule has 0 nitrogen and oxygen atoms in total. The van der Waals surface area contributed by atoms with E-state index in [9.17, 15) is 0 Å². The van der Waals surface area contributed by atoms with Crippen molar-refractivity contribution in [1.82, 2.24) is 0 Å². The summed E-state index contributed by atoms with van der Waals surface area (Å²) in [6, 6.07) is 0. The smallest absolute Gasteiger partial charge is 0.0200 e. The largest absolute Gasteiger partial charge is 0.120 e. The van der Waals surface area contributed by atoms with Crippen LogP contribution in [-0.2, 0) is 0 Å². The minimum absolute atomic E-state index is 0.530. The molecule has 0 amide bonds. The second-order valence-corrected chi connectivity index (χ2v) is 3.62. The molecule has 11 heavy (non-hydrogen) atoms. The van der Waals surface area contributed by atoms with Gasteiger partial charge in [0.2, 0.25) is 0 Å². The predicted octanol–water partition coefficient (Wildman–Crippen LogP) is 3.47. The molecule has 0 aliphatic rings. The zero-order valence-electron chi connectivity index (χ0n) is 8.06. The third-order valence-electron chi connectivity index (χ3n) is 1.97. The van der Waals surface area contributed by atoms with Crippen LogP contribution in [0.1, 0.15) is 46.5 Å². The average Bonchev–Trinajstić information content (AvgIpc) is 1.97. The maximum atomic E-state index is 5.40. The van der Waals surface area contributed by atoms with E-state index in [1.54, 1.807) is 0 Å². The molecule has 0 aromatic rings. The fourth-order valence-electron chi connectivity index (χ4n) is 1.19. The van der Waals surface area contributed by atoms with Gasteiger partial charge < -0.3 is 0 Å². The van der Waals surface area contributed by atoms with Gasteiger partial charge >= 0.3 is 0 Å². The quantitative estimate of drug-likeness (QED) is 0.529. The maximum Gasteiger partial charge on any atom is 0.0200 e. The molecule has 0 N–H and O–H groups in total. The molecule has 64 valence electrons. The Morgan fingerprint density at radius 2 is 1.82 bits per heavy atom. The Bertz CT molecular complexity index is 116. The van der Waals surface area contributed by atoms with Crippen LogP contribution in [0.15, 0.2) is 0 Å². The molecule has 0 fully saturated rings. The van der Waals surface area contributed by atoms with Crippen molar-refractivity contribution in [1.29, 1.82) is 0 Å². The van der Waals surface area contributed by atoms with Crippen LogP contribution in [0.3, 0.4) is 0 Å². The highest BCUT2D eigenvalue weighted by atomic mass is 14.1. The van der Waals surface area contributed by atoms with Gasteiger partial charge in [0, 0.05) is 5.92 Å². The standard InChI is InChI=1S/C11H20/c1-5-7-11(6-2)9-8-10(3)4/h2,10-11H,5,7-9H2,1,3-4H3. The molecule has 0 aromatic carbocycles. The summed E-state index contributed by atoms with van der Waals surface area (Å²) in [5, 5.41) is 0. The van der Waals surface area contributed by atoms with Crippen LogP contribution in [0.5, 0.6) is 0 Å². The van der Waals surface area contributed by atoms with Crippen molar-refractivity contribution >= 4 is 0 Å². The van der Waals surface area contributed by atoms with E-state index >= 15 is 0 Å². The normalized spacial score (nSPS) is 13.0. The van der Waals surface area contributed by atoms with E-state index in [0.29, 0.717) is 5.92 Å². The SMILES string of the molecule is C#CC(CCC)CCC(C)C. The first kappa shape index (κ1) is 10.6. The number of rotatable bonds is 5. The zero-order chi connectivity index (χ0) is 8.69. The topological polar surface area (TPSA) is 0 Å². The van der Waals surface area contributed by atoms with Crippen LogP contribution in [-0.4, -0.2) is 0 Å². The van der Waals surface area contributed by atoms with Crippen LogP contribution < -0.4 is 0 Å². The van der Waals surface area contributed by atoms with Gasteiger partial charge in [0.1, 0.15) is 0 Å². The van der Waals surface area contributed by atoms with Gasteiger partial charge in [-0.2, -0.15) is 0 Å². The van der Waals surface area contributed by atoms with Gasteiger partial charge in [-0.15, -0.1) is 12.3 Å². The third-order valence-corrected chi connectivity index (χ3v) is 1.97. The summed E-state index contributed by atoms with van der Waals surface area (Å²) in [7, 11) is 0. The third kappa shape index (κ3) is 5.98. The molecule has 0 radical (unpaired) electrons. The summed E-state index contributed by atoms with van der Waals surface area (Å²) < 4.78 is 0. The maximum absolute atomic E-state index is 5.40. The summed E-state index contributed by atoms with van der Waals surface area (Å²) in [5.41, 5.74) is 0. The Labute approximate surface area is 71.4 Å². The average molecular weight is 152 g/mol. The van der Waals surface area contributed by atoms with Crippen LogP contribution in [0.4, 0.5) is 0 Å². The highest BCUT2D eigenvalue weighted by Crippen LogP contribution is 2.15. The molecule has 0 saturated heterocycles. The van der Waals surface area contributed by atoms with E-state index in [1.807, 2.05) is 0 Å². The first-order valence-corrected chi connectivity index (χ1v) is 4.66. The Hall–Kier alpha value is -0.440. The zero-order valence-corrected chi connectivity index (χ0v) is 8.06. The Morgan fingerprint density at radius 1 is 1.18 bits per heavy atom. The van der Waals surface area contributed by atoms with Crippen LogP contribution in [0.25, 0.3) is 0 Å². The molecule has 0 bridgehead atoms. The molecule has 0 aromatic heterocycles. The van der Waals surface area contributed by atoms with Crippen molar-refractivity contribution in [3.63, 3.8) is 0 Å². The molecule has 0 aliphatic carbocycles. The summed E-state index contributed by atoms with van der Waals surface area (Å²) in [4.78, 5) is 0. The van der Waals surface area contributed by atoms with Crippen molar-refractivity contribution in [2.45, 2.75) is 46.5 Å². The molecule has 0 heteroatoms. The minimum Gasteiger partial charge on any atom is -0.120 e. The van der Waals surface area contributed by atoms with E-state index in [4.69, 9.17) is 6.42 Å². The van der Waals surface area contributed by atoms with Crippen molar-refractivity contribution in [3.05, 3.63) is 0 Å². The Balaban J connectivity index is 3.46. The van der Waals surface area contributed by atoms with E-state index in [-0.39, 0.29) is 0 Å². The van der Waals surface area contributed by atoms with Gasteiger partial charge in [-0.25, -0.2) is 0 Å². The fourth-order valence-corrected chi connectivity index (χ4v) is 1.19. The molecule has 0 heterocycles. The summed E-state index contributed by atoms with van der Waals surface area (Å²) in [6.07, 6.45) is 10.3. The molecule has 0 rings (SSSR count). The van der Waals surface area contributed by atoms with Crippen molar-refractivity contribution in [3.8, 4) is 12.3 Å². The lowest BCUT2D eigenvalue weighted by atomic mass is 9.95. The number of hydrogen-bond acceptors (Lipinski definition) is 0. The molecule has 0 saturated carbocycles. The van der Waals surface area contributed by atoms with E-state index in [0.717, 1.165) is 5.92 Å². The minimum atomic E-state index is 0.530. The van der Waals surface area contributed by atoms with Crippen LogP contribution in [0.2, 0.25) is 0 Å². The van der Waals surface area contributed by atoms with Crippen molar-refractivity contribution < 1.29 is 0 Å². The lowest BCUT2D eigenvalue weighted by Gasteiger charge is -2.10. The summed E-state index contributed by atoms with van der Waals surface area (Å²) in [6.45, 7) is 6.69. The van der Waals surface area contributed by atoms with Crippen LogP contribution >= 0.6 is 0 Å². The number of terminal acetylenes is 1. The molecular weight excluding hydrogens is 132 g/mol. The lowest BCUT2D eigenvalue weighted by Crippen LogP contribution is -1.98. The molecule has 1 atom stereocenters. The first-order chi connectivity index (χ1) is 5.20. The van der Waals surface area contributed by atoms with Gasteiger partial charge in [0.25, 0.3) is 0 Å². The van der Waals surface area contributed by atoms with Crippen LogP contribution in [0, 0.1) is 24.2 Å². The fraction of sp³-hybridized carbons (Fsp3) is 0.818. The summed E-state index contributed by atoms with van der Waals surface area (Å²) >= 11 is 0. The van der Waals surface area contributed by atoms with E-state index in [2.05, 4.69) is 26.7 Å². The van der Waals surface area contributed by atoms with E-state index < -0.39 is 0 Å². The highest BCUT2D eigenvalue weighted by molar-refractivity contribution is 4.92. The second kappa shape index (κ2) is 6.28. The van der Waals surface area contributed by atoms with Gasteiger partial charge in [-0.1, -0.05) is 27.2 Å². The van der Waals surface area contributed by atoms with Gasteiger partial charge in [-0.05, 0) is 25.2 Å². The van der Waals surface area contributed by atoms with Gasteiger partial charge in [0.15, 0.2) is 0 Å². The monoisotopic (exact) mass is 152 g/mol. The Kier molecular flexibility index (Phi) is 6.03. The predicted molar refractivity (Wildman–Crippen MR) is 51.3 cm³/mol. The van der Waals surface area contributed by atoms with Crippen molar-refractivity contribution in [2.24, 2.45) is 11.8 Å². The lowest BCUT2D eigenvalue weighted by molar-refractivity contribution is 0.467. The summed E-state index contributed by atoms with van der Waals surface area (Å²) in [5.74, 6) is 4.18. The first-order valence-electron chi connectivity index (χ1n) is 4.66. The Morgan fingerprint density at radius 3 is 2.18 bits per heavy atom.